The second-order valence-corrected chi connectivity index (χ2v) is 9.05. The van der Waals surface area contributed by atoms with Crippen LogP contribution in [0.5, 0.6) is 0 Å². The second-order valence-electron chi connectivity index (χ2n) is 6.67. The Hall–Kier alpha value is -2.22. The van der Waals surface area contributed by atoms with Crippen LogP contribution in [0.1, 0.15) is 18.4 Å². The number of carbonyl (C=O) groups excluding carboxylic acids is 1. The average molecular weight is 404 g/mol. The zero-order valence-corrected chi connectivity index (χ0v) is 16.0. The molecule has 27 heavy (non-hydrogen) atoms. The topological polar surface area (TPSA) is 78.8 Å². The van der Waals surface area contributed by atoms with Gasteiger partial charge in [-0.3, -0.25) is 9.79 Å². The Labute approximate surface area is 162 Å². The van der Waals surface area contributed by atoms with Gasteiger partial charge in [0, 0.05) is 36.5 Å². The van der Waals surface area contributed by atoms with Crippen molar-refractivity contribution < 1.29 is 13.2 Å². The Balaban J connectivity index is 1.55. The Morgan fingerprint density at radius 1 is 1.04 bits per heavy atom. The quantitative estimate of drug-likeness (QED) is 0.854. The van der Waals surface area contributed by atoms with Gasteiger partial charge < -0.3 is 5.32 Å². The van der Waals surface area contributed by atoms with Crippen molar-refractivity contribution in [3.05, 3.63) is 65.2 Å². The summed E-state index contributed by atoms with van der Waals surface area (Å²) >= 11 is 6.02. The maximum atomic E-state index is 12.8. The minimum absolute atomic E-state index is 0.253. The maximum absolute atomic E-state index is 12.8. The van der Waals surface area contributed by atoms with Crippen LogP contribution in [0.2, 0.25) is 5.02 Å². The zero-order chi connectivity index (χ0) is 19.1. The van der Waals surface area contributed by atoms with Crippen molar-refractivity contribution in [2.24, 2.45) is 4.99 Å². The third kappa shape index (κ3) is 3.38. The van der Waals surface area contributed by atoms with Crippen LogP contribution in [0.25, 0.3) is 0 Å². The lowest BCUT2D eigenvalue weighted by Crippen LogP contribution is -2.52. The van der Waals surface area contributed by atoms with E-state index in [1.54, 1.807) is 54.6 Å². The first-order valence-electron chi connectivity index (χ1n) is 8.63. The molecule has 0 unspecified atom stereocenters. The molecule has 0 radical (unpaired) electrons. The molecule has 2 aromatic rings. The van der Waals surface area contributed by atoms with Gasteiger partial charge in [-0.05, 0) is 24.3 Å². The number of benzene rings is 2. The predicted octanol–water partition coefficient (Wildman–Crippen LogP) is 2.44. The highest BCUT2D eigenvalue weighted by Gasteiger charge is 2.44. The molecule has 0 aromatic heterocycles. The molecule has 0 saturated carbocycles. The summed E-state index contributed by atoms with van der Waals surface area (Å²) in [6.45, 7) is 0.591. The predicted molar refractivity (Wildman–Crippen MR) is 103 cm³/mol. The van der Waals surface area contributed by atoms with Crippen molar-refractivity contribution in [3.8, 4) is 0 Å². The number of nitrogens with zero attached hydrogens (tertiary/aromatic N) is 2. The normalized spacial score (nSPS) is 19.7. The average Bonchev–Trinajstić information content (AvgIpc) is 2.99. The summed E-state index contributed by atoms with van der Waals surface area (Å²) in [6.07, 6.45) is 0.851. The van der Waals surface area contributed by atoms with E-state index in [1.165, 1.54) is 4.31 Å². The molecule has 1 fully saturated rings. The van der Waals surface area contributed by atoms with Crippen LogP contribution in [0.15, 0.2) is 64.5 Å². The van der Waals surface area contributed by atoms with Gasteiger partial charge in [-0.1, -0.05) is 41.9 Å². The number of sulfonamides is 1. The number of halogens is 1. The van der Waals surface area contributed by atoms with Crippen LogP contribution in [0.3, 0.4) is 0 Å². The van der Waals surface area contributed by atoms with Gasteiger partial charge in [0.2, 0.25) is 10.0 Å². The molecule has 2 aliphatic heterocycles. The highest BCUT2D eigenvalue weighted by Crippen LogP contribution is 2.31. The number of rotatable bonds is 3. The molecule has 1 amide bonds. The molecule has 2 aliphatic rings. The van der Waals surface area contributed by atoms with Crippen molar-refractivity contribution in [1.82, 2.24) is 9.62 Å². The fourth-order valence-corrected chi connectivity index (χ4v) is 5.12. The standard InChI is InChI=1S/C19H18ClN3O3S/c20-15-6-4-5-14(13-15)17-18(24)22-19(21-17)9-11-23(12-10-19)27(25,26)16-7-2-1-3-8-16/h1-8,13H,9-12H2,(H,22,24). The Kier molecular flexibility index (Phi) is 4.53. The molecule has 0 atom stereocenters. The van der Waals surface area contributed by atoms with Crippen molar-refractivity contribution in [2.45, 2.75) is 23.4 Å². The fourth-order valence-electron chi connectivity index (χ4n) is 3.47. The van der Waals surface area contributed by atoms with E-state index in [-0.39, 0.29) is 10.8 Å². The fraction of sp³-hybridized carbons (Fsp3) is 0.263. The lowest BCUT2D eigenvalue weighted by molar-refractivity contribution is -0.115. The molecule has 1 saturated heterocycles. The highest BCUT2D eigenvalue weighted by molar-refractivity contribution is 7.89. The maximum Gasteiger partial charge on any atom is 0.272 e. The number of piperidine rings is 1. The van der Waals surface area contributed by atoms with Gasteiger partial charge in [-0.15, -0.1) is 0 Å². The van der Waals surface area contributed by atoms with Gasteiger partial charge in [-0.25, -0.2) is 8.42 Å². The van der Waals surface area contributed by atoms with E-state index < -0.39 is 15.7 Å². The monoisotopic (exact) mass is 403 g/mol. The second kappa shape index (κ2) is 6.74. The lowest BCUT2D eigenvalue weighted by atomic mass is 10.00. The van der Waals surface area contributed by atoms with E-state index in [2.05, 4.69) is 10.3 Å². The van der Waals surface area contributed by atoms with Gasteiger partial charge in [0.15, 0.2) is 0 Å². The van der Waals surface area contributed by atoms with Crippen LogP contribution < -0.4 is 5.32 Å². The Morgan fingerprint density at radius 2 is 1.74 bits per heavy atom. The van der Waals surface area contributed by atoms with E-state index >= 15 is 0 Å². The first-order valence-corrected chi connectivity index (χ1v) is 10.4. The molecule has 4 rings (SSSR count). The summed E-state index contributed by atoms with van der Waals surface area (Å²) < 4.78 is 27.0. The summed E-state index contributed by atoms with van der Waals surface area (Å²) in [5, 5.41) is 3.48. The third-order valence-corrected chi connectivity index (χ3v) is 7.06. The Bertz CT molecular complexity index is 1010. The zero-order valence-electron chi connectivity index (χ0n) is 14.4. The number of nitrogens with one attached hydrogen (secondary N) is 1. The number of hydrogen-bond acceptors (Lipinski definition) is 4. The van der Waals surface area contributed by atoms with Crippen molar-refractivity contribution >= 4 is 33.2 Å². The molecule has 2 aromatic carbocycles. The van der Waals surface area contributed by atoms with E-state index in [1.807, 2.05) is 0 Å². The number of hydrogen-bond donors (Lipinski definition) is 1. The van der Waals surface area contributed by atoms with Gasteiger partial charge in [0.05, 0.1) is 4.90 Å². The third-order valence-electron chi connectivity index (χ3n) is 4.92. The molecule has 140 valence electrons. The number of carbonyl (C=O) groups is 1. The van der Waals surface area contributed by atoms with Gasteiger partial charge in [0.25, 0.3) is 5.91 Å². The first-order chi connectivity index (χ1) is 12.9. The molecule has 0 bridgehead atoms. The van der Waals surface area contributed by atoms with E-state index in [0.717, 1.165) is 0 Å². The molecular weight excluding hydrogens is 386 g/mol. The summed E-state index contributed by atoms with van der Waals surface area (Å²) in [5.41, 5.74) is 0.255. The van der Waals surface area contributed by atoms with Crippen molar-refractivity contribution in [2.75, 3.05) is 13.1 Å². The van der Waals surface area contributed by atoms with Crippen LogP contribution in [-0.4, -0.2) is 43.1 Å². The Morgan fingerprint density at radius 3 is 2.41 bits per heavy atom. The number of amides is 1. The summed E-state index contributed by atoms with van der Waals surface area (Å²) in [7, 11) is -3.54. The minimum Gasteiger partial charge on any atom is -0.326 e. The van der Waals surface area contributed by atoms with Crippen LogP contribution in [-0.2, 0) is 14.8 Å². The van der Waals surface area contributed by atoms with Crippen LogP contribution >= 0.6 is 11.6 Å². The molecule has 2 heterocycles. The van der Waals surface area contributed by atoms with Crippen LogP contribution in [0, 0.1) is 0 Å². The van der Waals surface area contributed by atoms with E-state index in [9.17, 15) is 13.2 Å². The molecule has 1 spiro atoms. The van der Waals surface area contributed by atoms with Crippen molar-refractivity contribution in [1.29, 1.82) is 0 Å². The molecule has 0 aliphatic carbocycles. The van der Waals surface area contributed by atoms with E-state index in [0.29, 0.717) is 42.2 Å². The largest absolute Gasteiger partial charge is 0.326 e. The molecular formula is C19H18ClN3O3S. The van der Waals surface area contributed by atoms with Crippen LogP contribution in [0.4, 0.5) is 0 Å². The lowest BCUT2D eigenvalue weighted by Gasteiger charge is -2.36. The molecule has 8 heteroatoms. The summed E-state index contributed by atoms with van der Waals surface area (Å²) in [5.74, 6) is -0.253. The first kappa shape index (κ1) is 18.2. The van der Waals surface area contributed by atoms with Gasteiger partial charge in [0.1, 0.15) is 11.4 Å². The minimum atomic E-state index is -3.54. The summed E-state index contributed by atoms with van der Waals surface area (Å²) in [4.78, 5) is 17.4. The SMILES string of the molecule is O=C1NC2(CCN(S(=O)(=O)c3ccccc3)CC2)N=C1c1cccc(Cl)c1. The smallest absolute Gasteiger partial charge is 0.272 e. The summed E-state index contributed by atoms with van der Waals surface area (Å²) in [6, 6.07) is 15.4. The molecule has 6 nitrogen and oxygen atoms in total. The van der Waals surface area contributed by atoms with Gasteiger partial charge in [-0.2, -0.15) is 4.31 Å². The number of aliphatic imine (C=N–C) groups is 1. The highest BCUT2D eigenvalue weighted by atomic mass is 35.5. The molecule has 1 N–H and O–H groups in total. The van der Waals surface area contributed by atoms with Crippen molar-refractivity contribution in [3.63, 3.8) is 0 Å². The van der Waals surface area contributed by atoms with E-state index in [4.69, 9.17) is 11.6 Å². The van der Waals surface area contributed by atoms with Gasteiger partial charge >= 0.3 is 0 Å².